The number of aliphatic imine (C=N–C) groups is 1. The van der Waals surface area contributed by atoms with Crippen LogP contribution in [0.1, 0.15) is 17.4 Å². The molecule has 6 nitrogen and oxygen atoms in total. The highest BCUT2D eigenvalue weighted by Gasteiger charge is 2.09. The topological polar surface area (TPSA) is 92.4 Å². The summed E-state index contributed by atoms with van der Waals surface area (Å²) >= 11 is 9.02. The molecule has 0 saturated heterocycles. The number of carbonyl (C=O) groups is 1. The fourth-order valence-electron chi connectivity index (χ4n) is 2.23. The van der Waals surface area contributed by atoms with Gasteiger partial charge in [-0.3, -0.25) is 4.79 Å². The molecule has 0 fully saturated rings. The average molecular weight is 420 g/mol. The van der Waals surface area contributed by atoms with Gasteiger partial charge in [-0.2, -0.15) is 0 Å². The number of benzene rings is 1. The Hall–Kier alpha value is -2.42. The number of rotatable bonds is 6. The number of halogens is 1. The summed E-state index contributed by atoms with van der Waals surface area (Å²) in [6, 6.07) is 11.5. The summed E-state index contributed by atoms with van der Waals surface area (Å²) in [5, 5.41) is 9.11. The summed E-state index contributed by atoms with van der Waals surface area (Å²) in [4.78, 5) is 22.0. The molecule has 0 atom stereocenters. The van der Waals surface area contributed by atoms with Crippen molar-refractivity contribution in [3.05, 3.63) is 57.2 Å². The molecule has 0 bridgehead atoms. The number of thiophene rings is 1. The molecule has 1 amide bonds. The molecule has 0 aliphatic rings. The molecule has 9 heteroatoms. The van der Waals surface area contributed by atoms with Crippen LogP contribution >= 0.6 is 34.3 Å². The van der Waals surface area contributed by atoms with Crippen molar-refractivity contribution in [1.29, 1.82) is 0 Å². The third-order valence-corrected chi connectivity index (χ3v) is 5.59. The van der Waals surface area contributed by atoms with E-state index < -0.39 is 0 Å². The van der Waals surface area contributed by atoms with Gasteiger partial charge in [-0.25, -0.2) is 9.98 Å². The van der Waals surface area contributed by atoms with E-state index in [1.165, 1.54) is 18.3 Å². The maximum absolute atomic E-state index is 11.0. The predicted molar refractivity (Wildman–Crippen MR) is 113 cm³/mol. The number of anilines is 1. The summed E-state index contributed by atoms with van der Waals surface area (Å²) < 4.78 is 0. The number of thiazole rings is 1. The molecule has 2 aromatic heterocycles. The minimum Gasteiger partial charge on any atom is -0.370 e. The lowest BCUT2D eigenvalue weighted by atomic mass is 10.2. The van der Waals surface area contributed by atoms with E-state index in [0.717, 1.165) is 21.0 Å². The molecule has 0 unspecified atom stereocenters. The first-order valence-electron chi connectivity index (χ1n) is 8.10. The van der Waals surface area contributed by atoms with E-state index in [4.69, 9.17) is 17.3 Å². The van der Waals surface area contributed by atoms with Gasteiger partial charge in [-0.15, -0.1) is 22.7 Å². The largest absolute Gasteiger partial charge is 0.370 e. The van der Waals surface area contributed by atoms with Crippen LogP contribution in [0.3, 0.4) is 0 Å². The summed E-state index contributed by atoms with van der Waals surface area (Å²) in [6.07, 6.45) is 0. The number of hydrogen-bond acceptors (Lipinski definition) is 5. The zero-order valence-electron chi connectivity index (χ0n) is 14.5. The van der Waals surface area contributed by atoms with Gasteiger partial charge >= 0.3 is 0 Å². The van der Waals surface area contributed by atoms with Crippen LogP contribution in [0, 0.1) is 0 Å². The Morgan fingerprint density at radius 2 is 2.19 bits per heavy atom. The molecule has 0 aliphatic carbocycles. The van der Waals surface area contributed by atoms with E-state index in [2.05, 4.69) is 20.6 Å². The first kappa shape index (κ1) is 19.3. The van der Waals surface area contributed by atoms with Crippen molar-refractivity contribution in [3.8, 4) is 10.6 Å². The highest BCUT2D eigenvalue weighted by atomic mass is 35.5. The molecule has 1 aromatic carbocycles. The van der Waals surface area contributed by atoms with E-state index in [0.29, 0.717) is 29.2 Å². The van der Waals surface area contributed by atoms with Crippen molar-refractivity contribution in [3.63, 3.8) is 0 Å². The molecule has 0 aliphatic heterocycles. The molecule has 0 spiro atoms. The van der Waals surface area contributed by atoms with Crippen LogP contribution in [-0.2, 0) is 17.9 Å². The lowest BCUT2D eigenvalue weighted by Crippen LogP contribution is -2.22. The number of amides is 1. The summed E-state index contributed by atoms with van der Waals surface area (Å²) in [5.41, 5.74) is 7.80. The maximum Gasteiger partial charge on any atom is 0.217 e. The monoisotopic (exact) mass is 419 g/mol. The third kappa shape index (κ3) is 5.78. The Kier molecular flexibility index (Phi) is 6.44. The van der Waals surface area contributed by atoms with Crippen molar-refractivity contribution in [1.82, 2.24) is 10.3 Å². The number of aromatic nitrogens is 1. The van der Waals surface area contributed by atoms with Crippen LogP contribution in [0.4, 0.5) is 5.13 Å². The van der Waals surface area contributed by atoms with Crippen LogP contribution in [0.15, 0.2) is 46.8 Å². The quantitative estimate of drug-likeness (QED) is 0.414. The molecule has 4 N–H and O–H groups in total. The smallest absolute Gasteiger partial charge is 0.217 e. The van der Waals surface area contributed by atoms with Gasteiger partial charge in [0.2, 0.25) is 5.91 Å². The summed E-state index contributed by atoms with van der Waals surface area (Å²) in [5.74, 6) is 0.256. The Balaban J connectivity index is 1.60. The van der Waals surface area contributed by atoms with Gasteiger partial charge in [0.1, 0.15) is 0 Å². The fourth-order valence-corrected chi connectivity index (χ4v) is 4.14. The van der Waals surface area contributed by atoms with E-state index in [1.807, 2.05) is 41.8 Å². The highest BCUT2D eigenvalue weighted by Crippen LogP contribution is 2.30. The van der Waals surface area contributed by atoms with Crippen molar-refractivity contribution in [2.75, 3.05) is 5.32 Å². The van der Waals surface area contributed by atoms with Gasteiger partial charge in [0.15, 0.2) is 11.1 Å². The van der Waals surface area contributed by atoms with Crippen LogP contribution in [0.2, 0.25) is 5.02 Å². The number of nitrogens with one attached hydrogen (secondary N) is 2. The van der Waals surface area contributed by atoms with Crippen molar-refractivity contribution in [2.24, 2.45) is 10.7 Å². The highest BCUT2D eigenvalue weighted by molar-refractivity contribution is 7.17. The third-order valence-electron chi connectivity index (χ3n) is 3.49. The first-order valence-corrected chi connectivity index (χ1v) is 10.2. The van der Waals surface area contributed by atoms with Gasteiger partial charge in [-0.05, 0) is 29.8 Å². The molecular weight excluding hydrogens is 402 g/mol. The number of guanidine groups is 1. The Bertz CT molecular complexity index is 966. The number of nitrogens with zero attached hydrogens (tertiary/aromatic N) is 2. The van der Waals surface area contributed by atoms with E-state index in [9.17, 15) is 4.79 Å². The normalized spacial score (nSPS) is 11.4. The zero-order chi connectivity index (χ0) is 19.2. The molecule has 0 radical (unpaired) electrons. The second-order valence-corrected chi connectivity index (χ2v) is 8.13. The Morgan fingerprint density at radius 1 is 1.33 bits per heavy atom. The molecule has 0 saturated carbocycles. The van der Waals surface area contributed by atoms with Crippen LogP contribution in [0.5, 0.6) is 0 Å². The van der Waals surface area contributed by atoms with Gasteiger partial charge in [0, 0.05) is 22.2 Å². The maximum atomic E-state index is 11.0. The number of carbonyl (C=O) groups excluding carboxylic acids is 1. The summed E-state index contributed by atoms with van der Waals surface area (Å²) in [6.45, 7) is 2.47. The first-order chi connectivity index (χ1) is 13.0. The second kappa shape index (κ2) is 8.98. The fraction of sp³-hybridized carbons (Fsp3) is 0.167. The predicted octanol–water partition coefficient (Wildman–Crippen LogP) is 4.09. The lowest BCUT2D eigenvalue weighted by Gasteiger charge is -2.02. The molecule has 3 rings (SSSR count). The average Bonchev–Trinajstić information content (AvgIpc) is 3.27. The molecule has 27 heavy (non-hydrogen) atoms. The van der Waals surface area contributed by atoms with Crippen molar-refractivity contribution < 1.29 is 4.79 Å². The zero-order valence-corrected chi connectivity index (χ0v) is 16.9. The Morgan fingerprint density at radius 3 is 2.96 bits per heavy atom. The second-order valence-electron chi connectivity index (χ2n) is 5.67. The van der Waals surface area contributed by atoms with Gasteiger partial charge in [-0.1, -0.05) is 23.7 Å². The van der Waals surface area contributed by atoms with Crippen LogP contribution in [0.25, 0.3) is 10.6 Å². The Labute approximate surface area is 170 Å². The van der Waals surface area contributed by atoms with E-state index >= 15 is 0 Å². The van der Waals surface area contributed by atoms with E-state index in [-0.39, 0.29) is 5.91 Å². The van der Waals surface area contributed by atoms with Crippen molar-refractivity contribution >= 4 is 51.3 Å². The van der Waals surface area contributed by atoms with Gasteiger partial charge in [0.25, 0.3) is 0 Å². The number of hydrogen-bond donors (Lipinski definition) is 3. The number of nitrogens with two attached hydrogens (primary N) is 1. The van der Waals surface area contributed by atoms with Crippen LogP contribution in [-0.4, -0.2) is 16.9 Å². The molecular formula is C18H18ClN5OS2. The van der Waals surface area contributed by atoms with Crippen molar-refractivity contribution in [2.45, 2.75) is 20.0 Å². The molecule has 2 heterocycles. The molecule has 3 aromatic rings. The van der Waals surface area contributed by atoms with Gasteiger partial charge < -0.3 is 16.4 Å². The SMILES string of the molecule is CC(=O)NCc1ccc(-c2csc(NC(N)=NCc3cccc(Cl)c3)n2)s1. The lowest BCUT2D eigenvalue weighted by molar-refractivity contribution is -0.119. The molecule has 140 valence electrons. The van der Waals surface area contributed by atoms with E-state index in [1.54, 1.807) is 11.3 Å². The minimum absolute atomic E-state index is 0.0439. The minimum atomic E-state index is -0.0439. The summed E-state index contributed by atoms with van der Waals surface area (Å²) in [7, 11) is 0. The standard InChI is InChI=1S/C18H18ClN5OS2/c1-11(25)21-9-14-5-6-16(27-14)15-10-26-18(23-15)24-17(20)22-8-12-3-2-4-13(19)7-12/h2-7,10H,8-9H2,1H3,(H,21,25)(H3,20,22,23,24). The van der Waals surface area contributed by atoms with Gasteiger partial charge in [0.05, 0.1) is 23.7 Å². The van der Waals surface area contributed by atoms with Crippen LogP contribution < -0.4 is 16.4 Å².